The van der Waals surface area contributed by atoms with Crippen molar-refractivity contribution >= 4 is 29.2 Å². The van der Waals surface area contributed by atoms with Gasteiger partial charge in [0.1, 0.15) is 0 Å². The van der Waals surface area contributed by atoms with Gasteiger partial charge in [0.05, 0.1) is 6.61 Å². The van der Waals surface area contributed by atoms with Crippen molar-refractivity contribution in [3.8, 4) is 0 Å². The van der Waals surface area contributed by atoms with Crippen molar-refractivity contribution < 1.29 is 9.53 Å². The van der Waals surface area contributed by atoms with Crippen molar-refractivity contribution in [2.75, 3.05) is 6.61 Å². The van der Waals surface area contributed by atoms with E-state index in [-0.39, 0.29) is 0 Å². The number of halogens is 2. The molecule has 0 saturated heterocycles. The second kappa shape index (κ2) is 5.23. The SMILES string of the molecule is CCOC(=O)[C@H](Cl)c1ccccc1Cl. The van der Waals surface area contributed by atoms with Gasteiger partial charge in [-0.1, -0.05) is 29.8 Å². The van der Waals surface area contributed by atoms with Crippen LogP contribution in [0, 0.1) is 0 Å². The van der Waals surface area contributed by atoms with E-state index in [1.54, 1.807) is 31.2 Å². The van der Waals surface area contributed by atoms with Gasteiger partial charge in [0.25, 0.3) is 0 Å². The molecule has 0 radical (unpaired) electrons. The number of esters is 1. The molecule has 1 rings (SSSR count). The lowest BCUT2D eigenvalue weighted by Gasteiger charge is -2.09. The van der Waals surface area contributed by atoms with E-state index in [9.17, 15) is 4.79 Å². The molecule has 0 aromatic heterocycles. The standard InChI is InChI=1S/C10H10Cl2O2/c1-2-14-10(13)9(12)7-5-3-4-6-8(7)11/h3-6,9H,2H2,1H3/t9-/m1/s1. The lowest BCUT2D eigenvalue weighted by Crippen LogP contribution is -2.11. The zero-order chi connectivity index (χ0) is 10.6. The highest BCUT2D eigenvalue weighted by atomic mass is 35.5. The number of carbonyl (C=O) groups is 1. The van der Waals surface area contributed by atoms with Crippen molar-refractivity contribution in [2.24, 2.45) is 0 Å². The van der Waals surface area contributed by atoms with E-state index < -0.39 is 11.3 Å². The summed E-state index contributed by atoms with van der Waals surface area (Å²) in [5, 5.41) is -0.357. The van der Waals surface area contributed by atoms with Crippen LogP contribution in [0.1, 0.15) is 17.9 Å². The fourth-order valence-electron chi connectivity index (χ4n) is 1.02. The van der Waals surface area contributed by atoms with Crippen LogP contribution < -0.4 is 0 Å². The smallest absolute Gasteiger partial charge is 0.328 e. The van der Waals surface area contributed by atoms with Gasteiger partial charge < -0.3 is 4.74 Å². The largest absolute Gasteiger partial charge is 0.465 e. The molecule has 0 aliphatic rings. The first-order chi connectivity index (χ1) is 6.66. The molecule has 0 bridgehead atoms. The lowest BCUT2D eigenvalue weighted by atomic mass is 10.1. The molecule has 4 heteroatoms. The van der Waals surface area contributed by atoms with E-state index >= 15 is 0 Å². The van der Waals surface area contributed by atoms with Gasteiger partial charge in [-0.3, -0.25) is 4.79 Å². The molecule has 0 unspecified atom stereocenters. The fourth-order valence-corrected chi connectivity index (χ4v) is 1.58. The molecule has 14 heavy (non-hydrogen) atoms. The second-order valence-electron chi connectivity index (χ2n) is 2.64. The molecule has 1 aromatic rings. The Hall–Kier alpha value is -0.730. The minimum absolute atomic E-state index is 0.312. The van der Waals surface area contributed by atoms with Crippen LogP contribution in [0.4, 0.5) is 0 Å². The number of alkyl halides is 1. The summed E-state index contributed by atoms with van der Waals surface area (Å²) in [7, 11) is 0. The number of hydrogen-bond donors (Lipinski definition) is 0. The molecule has 0 spiro atoms. The van der Waals surface area contributed by atoms with Crippen LogP contribution in [0.25, 0.3) is 0 Å². The number of rotatable bonds is 3. The topological polar surface area (TPSA) is 26.3 Å². The predicted molar refractivity (Wildman–Crippen MR) is 56.7 cm³/mol. The third kappa shape index (κ3) is 2.63. The van der Waals surface area contributed by atoms with E-state index in [1.807, 2.05) is 0 Å². The van der Waals surface area contributed by atoms with E-state index in [4.69, 9.17) is 27.9 Å². The molecule has 1 aromatic carbocycles. The van der Waals surface area contributed by atoms with Crippen molar-refractivity contribution in [3.05, 3.63) is 34.9 Å². The summed E-state index contributed by atoms with van der Waals surface area (Å²) in [5.41, 5.74) is 0.578. The summed E-state index contributed by atoms with van der Waals surface area (Å²) >= 11 is 11.8. The van der Waals surface area contributed by atoms with Gasteiger partial charge in [-0.05, 0) is 18.6 Å². The maximum absolute atomic E-state index is 11.3. The van der Waals surface area contributed by atoms with E-state index in [0.717, 1.165) is 0 Å². The Bertz CT molecular complexity index is 326. The van der Waals surface area contributed by atoms with E-state index in [1.165, 1.54) is 0 Å². The van der Waals surface area contributed by atoms with Crippen molar-refractivity contribution in [1.82, 2.24) is 0 Å². The minimum Gasteiger partial charge on any atom is -0.465 e. The van der Waals surface area contributed by atoms with Crippen LogP contribution in [0.3, 0.4) is 0 Å². The molecule has 0 heterocycles. The Morgan fingerprint density at radius 2 is 2.14 bits per heavy atom. The summed E-state index contributed by atoms with van der Waals surface area (Å²) in [5.74, 6) is -0.470. The molecule has 1 atom stereocenters. The first-order valence-corrected chi connectivity index (χ1v) is 5.03. The minimum atomic E-state index is -0.830. The predicted octanol–water partition coefficient (Wildman–Crippen LogP) is 3.18. The van der Waals surface area contributed by atoms with E-state index in [2.05, 4.69) is 0 Å². The van der Waals surface area contributed by atoms with Gasteiger partial charge in [0.2, 0.25) is 0 Å². The summed E-state index contributed by atoms with van der Waals surface area (Å²) in [4.78, 5) is 11.3. The Kier molecular flexibility index (Phi) is 4.23. The molecule has 0 saturated carbocycles. The van der Waals surface area contributed by atoms with Gasteiger partial charge in [-0.25, -0.2) is 0 Å². The van der Waals surface area contributed by atoms with Gasteiger partial charge in [0, 0.05) is 5.02 Å². The van der Waals surface area contributed by atoms with Crippen LogP contribution in [0.5, 0.6) is 0 Å². The van der Waals surface area contributed by atoms with Gasteiger partial charge in [-0.2, -0.15) is 0 Å². The first kappa shape index (κ1) is 11.3. The van der Waals surface area contributed by atoms with Crippen LogP contribution in [-0.2, 0) is 9.53 Å². The zero-order valence-electron chi connectivity index (χ0n) is 7.67. The molecular formula is C10H10Cl2O2. The van der Waals surface area contributed by atoms with Crippen LogP contribution in [0.2, 0.25) is 5.02 Å². The van der Waals surface area contributed by atoms with Crippen LogP contribution >= 0.6 is 23.2 Å². The molecule has 0 fully saturated rings. The van der Waals surface area contributed by atoms with E-state index in [0.29, 0.717) is 17.2 Å². The summed E-state index contributed by atoms with van der Waals surface area (Å²) in [6.45, 7) is 2.04. The zero-order valence-corrected chi connectivity index (χ0v) is 9.18. The quantitative estimate of drug-likeness (QED) is 0.592. The van der Waals surface area contributed by atoms with Gasteiger partial charge in [-0.15, -0.1) is 11.6 Å². The van der Waals surface area contributed by atoms with Crippen molar-refractivity contribution in [2.45, 2.75) is 12.3 Å². The molecule has 76 valence electrons. The number of ether oxygens (including phenoxy) is 1. The lowest BCUT2D eigenvalue weighted by molar-refractivity contribution is -0.142. The summed E-state index contributed by atoms with van der Waals surface area (Å²) < 4.78 is 4.78. The van der Waals surface area contributed by atoms with Gasteiger partial charge >= 0.3 is 5.97 Å². The maximum atomic E-state index is 11.3. The number of benzene rings is 1. The maximum Gasteiger partial charge on any atom is 0.328 e. The van der Waals surface area contributed by atoms with Crippen LogP contribution in [0.15, 0.2) is 24.3 Å². The van der Waals surface area contributed by atoms with Crippen molar-refractivity contribution in [1.29, 1.82) is 0 Å². The number of carbonyl (C=O) groups excluding carboxylic acids is 1. The monoisotopic (exact) mass is 232 g/mol. The highest BCUT2D eigenvalue weighted by Gasteiger charge is 2.20. The molecule has 0 amide bonds. The molecule has 0 N–H and O–H groups in total. The Balaban J connectivity index is 2.84. The average molecular weight is 233 g/mol. The van der Waals surface area contributed by atoms with Crippen LogP contribution in [-0.4, -0.2) is 12.6 Å². The first-order valence-electron chi connectivity index (χ1n) is 4.22. The normalized spacial score (nSPS) is 12.2. The second-order valence-corrected chi connectivity index (χ2v) is 3.48. The third-order valence-corrected chi connectivity index (χ3v) is 2.43. The average Bonchev–Trinajstić information content (AvgIpc) is 2.18. The molecule has 0 aliphatic heterocycles. The summed E-state index contributed by atoms with van der Waals surface area (Å²) in [6.07, 6.45) is 0. The highest BCUT2D eigenvalue weighted by Crippen LogP contribution is 2.28. The third-order valence-electron chi connectivity index (χ3n) is 1.67. The molecule has 2 nitrogen and oxygen atoms in total. The molecular weight excluding hydrogens is 223 g/mol. The number of hydrogen-bond acceptors (Lipinski definition) is 2. The van der Waals surface area contributed by atoms with Crippen molar-refractivity contribution in [3.63, 3.8) is 0 Å². The highest BCUT2D eigenvalue weighted by molar-refractivity contribution is 6.35. The summed E-state index contributed by atoms with van der Waals surface area (Å²) in [6, 6.07) is 6.94. The fraction of sp³-hybridized carbons (Fsp3) is 0.300. The Morgan fingerprint density at radius 1 is 1.50 bits per heavy atom. The Labute approximate surface area is 92.8 Å². The molecule has 0 aliphatic carbocycles. The van der Waals surface area contributed by atoms with Gasteiger partial charge in [0.15, 0.2) is 5.38 Å². The Morgan fingerprint density at radius 3 is 2.71 bits per heavy atom.